The van der Waals surface area contributed by atoms with Crippen molar-refractivity contribution in [1.82, 2.24) is 5.32 Å². The predicted octanol–water partition coefficient (Wildman–Crippen LogP) is 2.15. The maximum atomic E-state index is 11.6. The fourth-order valence-corrected chi connectivity index (χ4v) is 1.72. The highest BCUT2D eigenvalue weighted by Gasteiger charge is 2.19. The van der Waals surface area contributed by atoms with Crippen LogP contribution in [0.4, 0.5) is 0 Å². The van der Waals surface area contributed by atoms with Crippen LogP contribution in [0.5, 0.6) is 0 Å². The zero-order chi connectivity index (χ0) is 14.1. The van der Waals surface area contributed by atoms with Gasteiger partial charge in [0.2, 0.25) is 5.91 Å². The monoisotopic (exact) mass is 261 g/mol. The van der Waals surface area contributed by atoms with Crippen molar-refractivity contribution in [2.24, 2.45) is 0 Å². The van der Waals surface area contributed by atoms with Crippen LogP contribution >= 0.6 is 0 Å². The molecule has 0 heterocycles. The Morgan fingerprint density at radius 2 is 2.00 bits per heavy atom. The molecule has 0 aromatic heterocycles. The van der Waals surface area contributed by atoms with E-state index in [4.69, 9.17) is 5.11 Å². The van der Waals surface area contributed by atoms with E-state index in [-0.39, 0.29) is 5.91 Å². The second kappa shape index (κ2) is 8.08. The number of hydrogen-bond donors (Lipinski definition) is 2. The molecule has 4 heteroatoms. The van der Waals surface area contributed by atoms with E-state index in [2.05, 4.69) is 11.9 Å². The molecule has 2 N–H and O–H groups in total. The summed E-state index contributed by atoms with van der Waals surface area (Å²) in [5.41, 5.74) is 0.890. The number of benzene rings is 1. The van der Waals surface area contributed by atoms with Crippen LogP contribution in [-0.2, 0) is 16.0 Å². The highest BCUT2D eigenvalue weighted by atomic mass is 16.4. The van der Waals surface area contributed by atoms with Gasteiger partial charge in [0.05, 0.1) is 0 Å². The maximum Gasteiger partial charge on any atom is 0.326 e. The van der Waals surface area contributed by atoms with Crippen molar-refractivity contribution in [3.8, 4) is 0 Å². The Bertz CT molecular complexity index is 428. The summed E-state index contributed by atoms with van der Waals surface area (Å²) < 4.78 is 0. The first-order valence-electron chi connectivity index (χ1n) is 6.30. The number of hydrogen-bond acceptors (Lipinski definition) is 2. The maximum absolute atomic E-state index is 11.6. The van der Waals surface area contributed by atoms with Crippen LogP contribution in [0.3, 0.4) is 0 Å². The Morgan fingerprint density at radius 1 is 1.32 bits per heavy atom. The minimum absolute atomic E-state index is 0.231. The Hall–Kier alpha value is -2.10. The van der Waals surface area contributed by atoms with Gasteiger partial charge in [-0.3, -0.25) is 4.79 Å². The minimum Gasteiger partial charge on any atom is -0.480 e. The average Bonchev–Trinajstić information content (AvgIpc) is 2.39. The second-order valence-electron chi connectivity index (χ2n) is 4.33. The molecule has 1 rings (SSSR count). The normalized spacial score (nSPS) is 11.6. The van der Waals surface area contributed by atoms with Gasteiger partial charge in [-0.15, -0.1) is 6.58 Å². The van der Waals surface area contributed by atoms with Crippen LogP contribution in [0.25, 0.3) is 0 Å². The number of unbranched alkanes of at least 4 members (excludes halogenated alkanes) is 1. The quantitative estimate of drug-likeness (QED) is 0.556. The molecule has 1 aromatic carbocycles. The summed E-state index contributed by atoms with van der Waals surface area (Å²) in [5, 5.41) is 11.7. The fraction of sp³-hybridized carbons (Fsp3) is 0.333. The highest BCUT2D eigenvalue weighted by Crippen LogP contribution is 2.04. The van der Waals surface area contributed by atoms with Gasteiger partial charge in [0.15, 0.2) is 0 Å². The molecule has 0 fully saturated rings. The van der Waals surface area contributed by atoms with E-state index >= 15 is 0 Å². The van der Waals surface area contributed by atoms with Gasteiger partial charge in [-0.25, -0.2) is 4.79 Å². The summed E-state index contributed by atoms with van der Waals surface area (Å²) in [6, 6.07) is 8.38. The molecule has 0 aliphatic rings. The van der Waals surface area contributed by atoms with Gasteiger partial charge >= 0.3 is 5.97 Å². The Labute approximate surface area is 113 Å². The lowest BCUT2D eigenvalue weighted by Crippen LogP contribution is -2.42. The van der Waals surface area contributed by atoms with Crippen LogP contribution in [0.1, 0.15) is 24.8 Å². The number of carbonyl (C=O) groups is 2. The van der Waals surface area contributed by atoms with Crippen LogP contribution in [-0.4, -0.2) is 23.0 Å². The van der Waals surface area contributed by atoms with Gasteiger partial charge in [-0.2, -0.15) is 0 Å². The van der Waals surface area contributed by atoms with Gasteiger partial charge in [0.25, 0.3) is 0 Å². The molecule has 0 saturated carbocycles. The number of carbonyl (C=O) groups excluding carboxylic acids is 1. The molecule has 19 heavy (non-hydrogen) atoms. The summed E-state index contributed by atoms with van der Waals surface area (Å²) in [5.74, 6) is -1.24. The van der Waals surface area contributed by atoms with Crippen molar-refractivity contribution in [2.75, 3.05) is 0 Å². The molecule has 0 saturated heterocycles. The molecule has 0 radical (unpaired) electrons. The molecular weight excluding hydrogens is 242 g/mol. The molecule has 1 amide bonds. The number of carboxylic acid groups (broad SMARTS) is 1. The van der Waals surface area contributed by atoms with Crippen molar-refractivity contribution >= 4 is 11.9 Å². The van der Waals surface area contributed by atoms with Crippen molar-refractivity contribution in [3.63, 3.8) is 0 Å². The first-order chi connectivity index (χ1) is 9.13. The Morgan fingerprint density at radius 3 is 2.58 bits per heavy atom. The Kier molecular flexibility index (Phi) is 6.36. The van der Waals surface area contributed by atoms with Crippen LogP contribution < -0.4 is 5.32 Å². The van der Waals surface area contributed by atoms with E-state index in [0.29, 0.717) is 19.3 Å². The molecule has 102 valence electrons. The smallest absolute Gasteiger partial charge is 0.326 e. The number of amides is 1. The first-order valence-corrected chi connectivity index (χ1v) is 6.30. The largest absolute Gasteiger partial charge is 0.480 e. The number of aliphatic carboxylic acids is 1. The first kappa shape index (κ1) is 15.0. The molecule has 1 aromatic rings. The van der Waals surface area contributed by atoms with Gasteiger partial charge in [-0.05, 0) is 18.4 Å². The molecule has 0 aliphatic carbocycles. The van der Waals surface area contributed by atoms with E-state index in [1.54, 1.807) is 6.08 Å². The van der Waals surface area contributed by atoms with Crippen molar-refractivity contribution in [3.05, 3.63) is 48.6 Å². The lowest BCUT2D eigenvalue weighted by molar-refractivity contribution is -0.141. The number of rotatable bonds is 8. The van der Waals surface area contributed by atoms with Crippen LogP contribution in [0.15, 0.2) is 43.0 Å². The number of carboxylic acids is 1. The minimum atomic E-state index is -1.01. The van der Waals surface area contributed by atoms with E-state index < -0.39 is 12.0 Å². The molecule has 4 nitrogen and oxygen atoms in total. The number of nitrogens with one attached hydrogen (secondary N) is 1. The van der Waals surface area contributed by atoms with E-state index in [1.807, 2.05) is 30.3 Å². The van der Waals surface area contributed by atoms with E-state index in [9.17, 15) is 9.59 Å². The van der Waals surface area contributed by atoms with Gasteiger partial charge in [0, 0.05) is 12.8 Å². The lowest BCUT2D eigenvalue weighted by atomic mass is 10.1. The molecule has 0 unspecified atom stereocenters. The lowest BCUT2D eigenvalue weighted by Gasteiger charge is -2.14. The standard InChI is InChI=1S/C15H19NO3/c1-2-3-5-10-14(17)16-13(15(18)19)11-12-8-6-4-7-9-12/h2,4,6-9,13H,1,3,5,10-11H2,(H,16,17)(H,18,19)/t13-/m0/s1. The highest BCUT2D eigenvalue weighted by molar-refractivity contribution is 5.83. The summed E-state index contributed by atoms with van der Waals surface area (Å²) in [6.07, 6.45) is 3.80. The third-order valence-electron chi connectivity index (χ3n) is 2.73. The zero-order valence-corrected chi connectivity index (χ0v) is 10.8. The van der Waals surface area contributed by atoms with Crippen LogP contribution in [0.2, 0.25) is 0 Å². The topological polar surface area (TPSA) is 66.4 Å². The SMILES string of the molecule is C=CCCCC(=O)N[C@@H](Cc1ccccc1)C(=O)O. The van der Waals surface area contributed by atoms with Gasteiger partial charge < -0.3 is 10.4 Å². The summed E-state index contributed by atoms with van der Waals surface area (Å²) >= 11 is 0. The average molecular weight is 261 g/mol. The van der Waals surface area contributed by atoms with Crippen LogP contribution in [0, 0.1) is 0 Å². The second-order valence-corrected chi connectivity index (χ2v) is 4.33. The predicted molar refractivity (Wildman–Crippen MR) is 73.8 cm³/mol. The fourth-order valence-electron chi connectivity index (χ4n) is 1.72. The zero-order valence-electron chi connectivity index (χ0n) is 10.8. The van der Waals surface area contributed by atoms with Crippen molar-refractivity contribution < 1.29 is 14.7 Å². The number of allylic oxidation sites excluding steroid dienone is 1. The van der Waals surface area contributed by atoms with Gasteiger partial charge in [-0.1, -0.05) is 36.4 Å². The molecular formula is C15H19NO3. The van der Waals surface area contributed by atoms with E-state index in [1.165, 1.54) is 0 Å². The molecule has 0 aliphatic heterocycles. The molecule has 0 bridgehead atoms. The van der Waals surface area contributed by atoms with Crippen molar-refractivity contribution in [2.45, 2.75) is 31.7 Å². The van der Waals surface area contributed by atoms with E-state index in [0.717, 1.165) is 12.0 Å². The Balaban J connectivity index is 2.51. The van der Waals surface area contributed by atoms with Gasteiger partial charge in [0.1, 0.15) is 6.04 Å². The summed E-state index contributed by atoms with van der Waals surface area (Å²) in [6.45, 7) is 3.58. The summed E-state index contributed by atoms with van der Waals surface area (Å²) in [7, 11) is 0. The third kappa shape index (κ3) is 5.86. The molecule has 0 spiro atoms. The summed E-state index contributed by atoms with van der Waals surface area (Å²) in [4.78, 5) is 22.8. The third-order valence-corrected chi connectivity index (χ3v) is 2.73. The molecule has 1 atom stereocenters. The van der Waals surface area contributed by atoms with Crippen molar-refractivity contribution in [1.29, 1.82) is 0 Å².